The maximum Gasteiger partial charge on any atom is 0.230 e. The number of rotatable bonds is 1. The largest absolute Gasteiger partial charge is 0.366 e. The zero-order valence-corrected chi connectivity index (χ0v) is 8.29. The fraction of sp³-hybridized carbons (Fsp3) is 0.375. The van der Waals surface area contributed by atoms with E-state index in [1.54, 1.807) is 18.3 Å². The molecule has 0 spiro atoms. The van der Waals surface area contributed by atoms with Crippen molar-refractivity contribution in [3.05, 3.63) is 24.0 Å². The number of nitrogens with zero attached hydrogens (tertiary/aromatic N) is 1. The summed E-state index contributed by atoms with van der Waals surface area (Å²) in [5, 5.41) is 7.24. The molecule has 0 fully saturated rings. The molecule has 14 heavy (non-hydrogen) atoms. The molecule has 1 aromatic rings. The van der Waals surface area contributed by atoms with Gasteiger partial charge in [-0.3, -0.25) is 4.98 Å². The quantitative estimate of drug-likeness (QED) is 0.690. The van der Waals surface area contributed by atoms with Crippen molar-refractivity contribution in [2.24, 2.45) is 5.14 Å². The van der Waals surface area contributed by atoms with Crippen molar-refractivity contribution in [1.29, 1.82) is 0 Å². The van der Waals surface area contributed by atoms with Crippen molar-refractivity contribution in [3.8, 4) is 0 Å². The molecule has 6 heteroatoms. The lowest BCUT2D eigenvalue weighted by Crippen LogP contribution is -2.38. The summed E-state index contributed by atoms with van der Waals surface area (Å²) in [6.45, 7) is 0. The van der Waals surface area contributed by atoms with Gasteiger partial charge in [-0.25, -0.2) is 13.6 Å². The Bertz CT molecular complexity index is 444. The number of nitrogens with one attached hydrogen (secondary N) is 1. The molecule has 76 valence electrons. The highest BCUT2D eigenvalue weighted by molar-refractivity contribution is 7.89. The summed E-state index contributed by atoms with van der Waals surface area (Å²) in [7, 11) is -3.51. The predicted molar refractivity (Wildman–Crippen MR) is 53.1 cm³/mol. The standard InChI is InChI=1S/C8H11N3O2S/c9-14(12,13)8-4-3-6-7(11-8)2-1-5-10-6/h1-2,5,8,11H,3-4H2,(H2,9,12,13). The molecular formula is C8H11N3O2S. The summed E-state index contributed by atoms with van der Waals surface area (Å²) in [6, 6.07) is 3.57. The van der Waals surface area contributed by atoms with Gasteiger partial charge in [0.1, 0.15) is 5.37 Å². The fourth-order valence-electron chi connectivity index (χ4n) is 1.53. The Morgan fingerprint density at radius 2 is 2.36 bits per heavy atom. The van der Waals surface area contributed by atoms with Crippen LogP contribution in [0.1, 0.15) is 12.1 Å². The molecule has 2 rings (SSSR count). The Morgan fingerprint density at radius 3 is 3.07 bits per heavy atom. The molecular weight excluding hydrogens is 202 g/mol. The first-order valence-electron chi connectivity index (χ1n) is 4.29. The predicted octanol–water partition coefficient (Wildman–Crippen LogP) is 0.0543. The summed E-state index contributed by atoms with van der Waals surface area (Å²) in [5.41, 5.74) is 1.66. The first-order valence-corrected chi connectivity index (χ1v) is 5.90. The van der Waals surface area contributed by atoms with E-state index in [1.165, 1.54) is 0 Å². The highest BCUT2D eigenvalue weighted by Crippen LogP contribution is 2.23. The van der Waals surface area contributed by atoms with Crippen molar-refractivity contribution in [2.45, 2.75) is 18.2 Å². The van der Waals surface area contributed by atoms with E-state index in [0.29, 0.717) is 12.8 Å². The molecule has 0 aliphatic carbocycles. The van der Waals surface area contributed by atoms with Crippen molar-refractivity contribution in [1.82, 2.24) is 4.98 Å². The van der Waals surface area contributed by atoms with E-state index < -0.39 is 15.4 Å². The van der Waals surface area contributed by atoms with Gasteiger partial charge in [-0.2, -0.15) is 0 Å². The minimum atomic E-state index is -3.51. The highest BCUT2D eigenvalue weighted by atomic mass is 32.2. The molecule has 5 nitrogen and oxygen atoms in total. The Hall–Kier alpha value is -1.14. The molecule has 1 aromatic heterocycles. The van der Waals surface area contributed by atoms with Crippen molar-refractivity contribution >= 4 is 15.7 Å². The SMILES string of the molecule is NS(=O)(=O)C1CCc2ncccc2N1. The van der Waals surface area contributed by atoms with E-state index in [0.717, 1.165) is 11.4 Å². The smallest absolute Gasteiger partial charge is 0.230 e. The van der Waals surface area contributed by atoms with Crippen LogP contribution in [0, 0.1) is 0 Å². The number of hydrogen-bond acceptors (Lipinski definition) is 4. The Kier molecular flexibility index (Phi) is 2.16. The highest BCUT2D eigenvalue weighted by Gasteiger charge is 2.26. The number of sulfonamides is 1. The first-order chi connectivity index (χ1) is 6.57. The van der Waals surface area contributed by atoms with Crippen molar-refractivity contribution < 1.29 is 8.42 Å². The van der Waals surface area contributed by atoms with E-state index in [9.17, 15) is 8.42 Å². The van der Waals surface area contributed by atoms with E-state index in [1.807, 2.05) is 0 Å². The number of pyridine rings is 1. The summed E-state index contributed by atoms with van der Waals surface area (Å²) in [6.07, 6.45) is 2.81. The number of nitrogens with two attached hydrogens (primary N) is 1. The minimum absolute atomic E-state index is 0.475. The topological polar surface area (TPSA) is 85.1 Å². The average molecular weight is 213 g/mol. The molecule has 0 bridgehead atoms. The molecule has 1 aliphatic rings. The molecule has 1 aliphatic heterocycles. The number of fused-ring (bicyclic) bond motifs is 1. The molecule has 0 saturated heterocycles. The molecule has 0 amide bonds. The summed E-state index contributed by atoms with van der Waals surface area (Å²) >= 11 is 0. The van der Waals surface area contributed by atoms with Crippen LogP contribution < -0.4 is 10.5 Å². The molecule has 1 unspecified atom stereocenters. The third kappa shape index (κ3) is 1.71. The van der Waals surface area contributed by atoms with E-state index in [-0.39, 0.29) is 0 Å². The number of primary sulfonamides is 1. The van der Waals surface area contributed by atoms with Crippen molar-refractivity contribution in [3.63, 3.8) is 0 Å². The van der Waals surface area contributed by atoms with Crippen LogP contribution in [0.5, 0.6) is 0 Å². The number of hydrogen-bond donors (Lipinski definition) is 2. The minimum Gasteiger partial charge on any atom is -0.366 e. The Balaban J connectivity index is 2.30. The number of aryl methyl sites for hydroxylation is 1. The lowest BCUT2D eigenvalue weighted by molar-refractivity contribution is 0.577. The van der Waals surface area contributed by atoms with Gasteiger partial charge in [0.05, 0.1) is 11.4 Å². The third-order valence-electron chi connectivity index (χ3n) is 2.25. The maximum atomic E-state index is 11.1. The zero-order valence-electron chi connectivity index (χ0n) is 7.47. The van der Waals surface area contributed by atoms with Crippen LogP contribution in [0.2, 0.25) is 0 Å². The van der Waals surface area contributed by atoms with Gasteiger partial charge in [0.25, 0.3) is 0 Å². The van der Waals surface area contributed by atoms with E-state index in [4.69, 9.17) is 5.14 Å². The van der Waals surface area contributed by atoms with Gasteiger partial charge in [0, 0.05) is 6.20 Å². The molecule has 0 aromatic carbocycles. The van der Waals surface area contributed by atoms with Gasteiger partial charge in [0.2, 0.25) is 10.0 Å². The summed E-state index contributed by atoms with van der Waals surface area (Å²) < 4.78 is 22.2. The van der Waals surface area contributed by atoms with Gasteiger partial charge in [0.15, 0.2) is 0 Å². The summed E-state index contributed by atoms with van der Waals surface area (Å²) in [4.78, 5) is 4.14. The monoisotopic (exact) mass is 213 g/mol. The Morgan fingerprint density at radius 1 is 1.57 bits per heavy atom. The first kappa shape index (κ1) is 9.42. The van der Waals surface area contributed by atoms with Crippen LogP contribution in [0.25, 0.3) is 0 Å². The normalized spacial score (nSPS) is 21.1. The van der Waals surface area contributed by atoms with Gasteiger partial charge >= 0.3 is 0 Å². The van der Waals surface area contributed by atoms with Gasteiger partial charge in [-0.05, 0) is 25.0 Å². The molecule has 1 atom stereocenters. The fourth-order valence-corrected chi connectivity index (χ4v) is 2.27. The van der Waals surface area contributed by atoms with Crippen LogP contribution in [0.4, 0.5) is 5.69 Å². The van der Waals surface area contributed by atoms with Crippen molar-refractivity contribution in [2.75, 3.05) is 5.32 Å². The average Bonchev–Trinajstić information content (AvgIpc) is 2.16. The van der Waals surface area contributed by atoms with Crippen LogP contribution in [-0.2, 0) is 16.4 Å². The second-order valence-corrected chi connectivity index (χ2v) is 5.01. The second-order valence-electron chi connectivity index (χ2n) is 3.26. The van der Waals surface area contributed by atoms with Crippen LogP contribution >= 0.6 is 0 Å². The van der Waals surface area contributed by atoms with E-state index in [2.05, 4.69) is 10.3 Å². The van der Waals surface area contributed by atoms with Gasteiger partial charge in [-0.15, -0.1) is 0 Å². The molecule has 3 N–H and O–H groups in total. The number of anilines is 1. The zero-order chi connectivity index (χ0) is 10.2. The second kappa shape index (κ2) is 3.21. The van der Waals surface area contributed by atoms with Crippen LogP contribution in [-0.4, -0.2) is 18.8 Å². The maximum absolute atomic E-state index is 11.1. The van der Waals surface area contributed by atoms with E-state index >= 15 is 0 Å². The van der Waals surface area contributed by atoms with Gasteiger partial charge < -0.3 is 5.32 Å². The molecule has 0 radical (unpaired) electrons. The number of aromatic nitrogens is 1. The summed E-state index contributed by atoms with van der Waals surface area (Å²) in [5.74, 6) is 0. The van der Waals surface area contributed by atoms with Crippen LogP contribution in [0.15, 0.2) is 18.3 Å². The third-order valence-corrected chi connectivity index (χ3v) is 3.39. The molecule has 0 saturated carbocycles. The molecule has 2 heterocycles. The Labute approximate surface area is 82.4 Å². The lowest BCUT2D eigenvalue weighted by Gasteiger charge is -2.24. The van der Waals surface area contributed by atoms with Crippen LogP contribution in [0.3, 0.4) is 0 Å². The van der Waals surface area contributed by atoms with Gasteiger partial charge in [-0.1, -0.05) is 0 Å². The lowest BCUT2D eigenvalue weighted by atomic mass is 10.1.